The lowest BCUT2D eigenvalue weighted by Gasteiger charge is -2.00. The van der Waals surface area contributed by atoms with E-state index in [1.165, 1.54) is 0 Å². The van der Waals surface area contributed by atoms with Gasteiger partial charge in [-0.2, -0.15) is 4.98 Å². The van der Waals surface area contributed by atoms with Crippen LogP contribution >= 0.6 is 0 Å². The second-order valence-corrected chi connectivity index (χ2v) is 3.62. The van der Waals surface area contributed by atoms with Crippen LogP contribution in [0.1, 0.15) is 5.89 Å². The predicted molar refractivity (Wildman–Crippen MR) is 62.9 cm³/mol. The Morgan fingerprint density at radius 3 is 3.00 bits per heavy atom. The summed E-state index contributed by atoms with van der Waals surface area (Å²) in [5.41, 5.74) is 6.35. The largest absolute Gasteiger partial charge is 0.338 e. The predicted octanol–water partition coefficient (Wildman–Crippen LogP) is 1.74. The van der Waals surface area contributed by atoms with E-state index in [1.54, 1.807) is 12.4 Å². The highest BCUT2D eigenvalue weighted by molar-refractivity contribution is 5.94. The van der Waals surface area contributed by atoms with E-state index in [0.29, 0.717) is 11.7 Å². The summed E-state index contributed by atoms with van der Waals surface area (Å²) in [5, 5.41) is 6.01. The van der Waals surface area contributed by atoms with Crippen LogP contribution in [0.5, 0.6) is 0 Å². The van der Waals surface area contributed by atoms with Crippen LogP contribution in [0.4, 0.5) is 0 Å². The van der Waals surface area contributed by atoms with E-state index in [9.17, 15) is 0 Å². The zero-order valence-corrected chi connectivity index (χ0v) is 9.00. The second kappa shape index (κ2) is 3.95. The molecule has 0 radical (unpaired) electrons. The van der Waals surface area contributed by atoms with Crippen LogP contribution < -0.4 is 5.73 Å². The molecular weight excluding hydrogens is 216 g/mol. The third-order valence-corrected chi connectivity index (χ3v) is 2.57. The van der Waals surface area contributed by atoms with Gasteiger partial charge in [0.05, 0.1) is 6.54 Å². The van der Waals surface area contributed by atoms with Crippen LogP contribution in [0.3, 0.4) is 0 Å². The van der Waals surface area contributed by atoms with E-state index in [4.69, 9.17) is 10.3 Å². The molecule has 0 aliphatic rings. The first kappa shape index (κ1) is 9.92. The minimum absolute atomic E-state index is 0.246. The standard InChI is InChI=1S/C12H10N4O/c13-6-11-15-12(16-17-11)9-3-1-2-8-4-5-14-7-10(8)9/h1-5,7H,6,13H2. The van der Waals surface area contributed by atoms with E-state index in [0.717, 1.165) is 16.3 Å². The fraction of sp³-hybridized carbons (Fsp3) is 0.0833. The molecule has 2 N–H and O–H groups in total. The fourth-order valence-electron chi connectivity index (χ4n) is 1.76. The molecule has 0 amide bonds. The Kier molecular flexibility index (Phi) is 2.31. The Balaban J connectivity index is 2.23. The summed E-state index contributed by atoms with van der Waals surface area (Å²) in [4.78, 5) is 8.33. The van der Waals surface area contributed by atoms with E-state index < -0.39 is 0 Å². The van der Waals surface area contributed by atoms with Crippen molar-refractivity contribution < 1.29 is 4.52 Å². The minimum Gasteiger partial charge on any atom is -0.338 e. The molecule has 3 rings (SSSR count). The number of nitrogens with zero attached hydrogens (tertiary/aromatic N) is 3. The van der Waals surface area contributed by atoms with Gasteiger partial charge in [-0.1, -0.05) is 23.4 Å². The van der Waals surface area contributed by atoms with Gasteiger partial charge < -0.3 is 10.3 Å². The van der Waals surface area contributed by atoms with Gasteiger partial charge in [-0.3, -0.25) is 4.98 Å². The molecule has 0 aliphatic carbocycles. The maximum atomic E-state index is 5.45. The summed E-state index contributed by atoms with van der Waals surface area (Å²) in [5.74, 6) is 0.977. The lowest BCUT2D eigenvalue weighted by Crippen LogP contribution is -1.95. The van der Waals surface area contributed by atoms with E-state index in [1.807, 2.05) is 24.3 Å². The lowest BCUT2D eigenvalue weighted by atomic mass is 10.1. The van der Waals surface area contributed by atoms with Crippen molar-refractivity contribution in [2.45, 2.75) is 6.54 Å². The molecule has 0 saturated heterocycles. The first-order valence-corrected chi connectivity index (χ1v) is 5.24. The molecule has 0 bridgehead atoms. The van der Waals surface area contributed by atoms with Crippen molar-refractivity contribution in [1.82, 2.24) is 15.1 Å². The fourth-order valence-corrected chi connectivity index (χ4v) is 1.76. The van der Waals surface area contributed by atoms with E-state index >= 15 is 0 Å². The molecule has 5 nitrogen and oxygen atoms in total. The first-order valence-electron chi connectivity index (χ1n) is 5.24. The Morgan fingerprint density at radius 2 is 2.18 bits per heavy atom. The van der Waals surface area contributed by atoms with Crippen LogP contribution in [-0.2, 0) is 6.54 Å². The zero-order chi connectivity index (χ0) is 11.7. The highest BCUT2D eigenvalue weighted by atomic mass is 16.5. The summed E-state index contributed by atoms with van der Waals surface area (Å²) in [6, 6.07) is 7.86. The number of fused-ring (bicyclic) bond motifs is 1. The number of hydrogen-bond acceptors (Lipinski definition) is 5. The van der Waals surface area contributed by atoms with E-state index in [2.05, 4.69) is 15.1 Å². The molecule has 0 unspecified atom stereocenters. The number of aromatic nitrogens is 3. The van der Waals surface area contributed by atoms with Gasteiger partial charge in [0.15, 0.2) is 0 Å². The molecule has 84 valence electrons. The Morgan fingerprint density at radius 1 is 1.24 bits per heavy atom. The maximum Gasteiger partial charge on any atom is 0.240 e. The Hall–Kier alpha value is -2.27. The molecule has 0 aliphatic heterocycles. The van der Waals surface area contributed by atoms with Crippen molar-refractivity contribution in [3.8, 4) is 11.4 Å². The molecule has 0 spiro atoms. The van der Waals surface area contributed by atoms with Gasteiger partial charge in [0, 0.05) is 23.3 Å². The van der Waals surface area contributed by atoms with Gasteiger partial charge in [-0.15, -0.1) is 0 Å². The number of hydrogen-bond donors (Lipinski definition) is 1. The van der Waals surface area contributed by atoms with Crippen LogP contribution in [0.25, 0.3) is 22.2 Å². The molecular formula is C12H10N4O. The highest BCUT2D eigenvalue weighted by Crippen LogP contribution is 2.25. The van der Waals surface area contributed by atoms with E-state index in [-0.39, 0.29) is 6.54 Å². The molecule has 17 heavy (non-hydrogen) atoms. The van der Waals surface area contributed by atoms with Gasteiger partial charge in [0.25, 0.3) is 0 Å². The quantitative estimate of drug-likeness (QED) is 0.720. The topological polar surface area (TPSA) is 77.8 Å². The number of pyridine rings is 1. The SMILES string of the molecule is NCc1nc(-c2cccc3ccncc23)no1. The average molecular weight is 226 g/mol. The van der Waals surface area contributed by atoms with Crippen LogP contribution in [0.2, 0.25) is 0 Å². The third kappa shape index (κ3) is 1.66. The summed E-state index contributed by atoms with van der Waals surface area (Å²) in [6.07, 6.45) is 3.55. The number of nitrogens with two attached hydrogens (primary N) is 1. The zero-order valence-electron chi connectivity index (χ0n) is 9.00. The van der Waals surface area contributed by atoms with Crippen LogP contribution in [0.15, 0.2) is 41.2 Å². The molecule has 0 fully saturated rings. The third-order valence-electron chi connectivity index (χ3n) is 2.57. The average Bonchev–Trinajstić information content (AvgIpc) is 2.87. The van der Waals surface area contributed by atoms with Gasteiger partial charge >= 0.3 is 0 Å². The summed E-state index contributed by atoms with van der Waals surface area (Å²) in [7, 11) is 0. The highest BCUT2D eigenvalue weighted by Gasteiger charge is 2.10. The monoisotopic (exact) mass is 226 g/mol. The van der Waals surface area contributed by atoms with Gasteiger partial charge in [-0.25, -0.2) is 0 Å². The first-order chi connectivity index (χ1) is 8.38. The van der Waals surface area contributed by atoms with Crippen molar-refractivity contribution in [3.63, 3.8) is 0 Å². The van der Waals surface area contributed by atoms with Crippen molar-refractivity contribution >= 4 is 10.8 Å². The molecule has 3 aromatic rings. The van der Waals surface area contributed by atoms with Gasteiger partial charge in [0.2, 0.25) is 11.7 Å². The van der Waals surface area contributed by atoms with Crippen molar-refractivity contribution in [1.29, 1.82) is 0 Å². The maximum absolute atomic E-state index is 5.45. The normalized spacial score (nSPS) is 10.9. The summed E-state index contributed by atoms with van der Waals surface area (Å²) >= 11 is 0. The Labute approximate surface area is 97.3 Å². The van der Waals surface area contributed by atoms with Crippen molar-refractivity contribution in [2.24, 2.45) is 5.73 Å². The number of rotatable bonds is 2. The molecule has 0 saturated carbocycles. The van der Waals surface area contributed by atoms with Crippen LogP contribution in [0, 0.1) is 0 Å². The minimum atomic E-state index is 0.246. The van der Waals surface area contributed by atoms with Crippen molar-refractivity contribution in [3.05, 3.63) is 42.5 Å². The number of benzene rings is 1. The van der Waals surface area contributed by atoms with Crippen molar-refractivity contribution in [2.75, 3.05) is 0 Å². The molecule has 0 atom stereocenters. The Bertz CT molecular complexity index is 657. The summed E-state index contributed by atoms with van der Waals surface area (Å²) < 4.78 is 5.01. The van der Waals surface area contributed by atoms with Gasteiger partial charge in [0.1, 0.15) is 0 Å². The molecule has 2 aromatic heterocycles. The smallest absolute Gasteiger partial charge is 0.240 e. The molecule has 5 heteroatoms. The summed E-state index contributed by atoms with van der Waals surface area (Å²) in [6.45, 7) is 0.246. The van der Waals surface area contributed by atoms with Crippen LogP contribution in [-0.4, -0.2) is 15.1 Å². The lowest BCUT2D eigenvalue weighted by molar-refractivity contribution is 0.380. The second-order valence-electron chi connectivity index (χ2n) is 3.62. The molecule has 2 heterocycles. The molecule has 1 aromatic carbocycles. The van der Waals surface area contributed by atoms with Gasteiger partial charge in [-0.05, 0) is 11.5 Å².